The van der Waals surface area contributed by atoms with Crippen molar-refractivity contribution in [3.8, 4) is 5.75 Å². The van der Waals surface area contributed by atoms with Gasteiger partial charge < -0.3 is 10.5 Å². The molecule has 1 atom stereocenters. The molecule has 0 aliphatic rings. The molecule has 2 nitrogen and oxygen atoms in total. The number of halogens is 4. The number of benzene rings is 2. The maximum atomic E-state index is 14.0. The molecule has 0 spiro atoms. The molecular weight excluding hydrogens is 335 g/mol. The minimum atomic E-state index is -1.32. The van der Waals surface area contributed by atoms with Gasteiger partial charge in [0.25, 0.3) is 0 Å². The van der Waals surface area contributed by atoms with Gasteiger partial charge in [-0.05, 0) is 40.2 Å². The Morgan fingerprint density at radius 1 is 1.05 bits per heavy atom. The molecule has 0 radical (unpaired) electrons. The third-order valence-corrected chi connectivity index (χ3v) is 3.55. The van der Waals surface area contributed by atoms with E-state index in [9.17, 15) is 13.2 Å². The van der Waals surface area contributed by atoms with Gasteiger partial charge >= 0.3 is 0 Å². The highest BCUT2D eigenvalue weighted by atomic mass is 79.9. The summed E-state index contributed by atoms with van der Waals surface area (Å²) in [6, 6.07) is 5.04. The van der Waals surface area contributed by atoms with Crippen LogP contribution in [-0.4, -0.2) is 7.11 Å². The Kier molecular flexibility index (Phi) is 4.35. The average Bonchev–Trinajstić information content (AvgIpc) is 2.42. The molecule has 0 aliphatic carbocycles. The maximum Gasteiger partial charge on any atom is 0.145 e. The summed E-state index contributed by atoms with van der Waals surface area (Å²) in [6.07, 6.45) is 0. The van der Waals surface area contributed by atoms with Crippen molar-refractivity contribution in [1.82, 2.24) is 0 Å². The topological polar surface area (TPSA) is 35.2 Å². The Balaban J connectivity index is 2.64. The molecular formula is C14H11BrF3NO. The van der Waals surface area contributed by atoms with E-state index < -0.39 is 29.1 Å². The van der Waals surface area contributed by atoms with Crippen LogP contribution in [0, 0.1) is 17.5 Å². The number of methoxy groups -OCH3 is 1. The van der Waals surface area contributed by atoms with Crippen LogP contribution in [0.4, 0.5) is 13.2 Å². The standard InChI is InChI=1S/C14H11BrF3NO/c1-20-10-4-2-3-8(16)11(10)14(19)12-9(17)6-5-7(15)13(12)18/h2-6,14H,19H2,1H3. The zero-order valence-corrected chi connectivity index (χ0v) is 12.0. The first-order valence-electron chi connectivity index (χ1n) is 5.68. The van der Waals surface area contributed by atoms with Crippen LogP contribution in [0.3, 0.4) is 0 Å². The van der Waals surface area contributed by atoms with Gasteiger partial charge in [0.05, 0.1) is 23.2 Å². The van der Waals surface area contributed by atoms with E-state index in [1.165, 1.54) is 25.3 Å². The van der Waals surface area contributed by atoms with Crippen LogP contribution < -0.4 is 10.5 Å². The Bertz CT molecular complexity index is 649. The molecule has 2 aromatic rings. The van der Waals surface area contributed by atoms with Crippen LogP contribution in [0.1, 0.15) is 17.2 Å². The first-order valence-corrected chi connectivity index (χ1v) is 6.48. The molecule has 0 heterocycles. The van der Waals surface area contributed by atoms with Crippen molar-refractivity contribution in [3.05, 3.63) is 63.4 Å². The van der Waals surface area contributed by atoms with Gasteiger partial charge in [-0.25, -0.2) is 13.2 Å². The van der Waals surface area contributed by atoms with Crippen LogP contribution in [0.25, 0.3) is 0 Å². The van der Waals surface area contributed by atoms with E-state index in [1.54, 1.807) is 0 Å². The Morgan fingerprint density at radius 2 is 1.70 bits per heavy atom. The van der Waals surface area contributed by atoms with Gasteiger partial charge in [-0.2, -0.15) is 0 Å². The minimum absolute atomic E-state index is 0.0552. The summed E-state index contributed by atoms with van der Waals surface area (Å²) in [4.78, 5) is 0. The van der Waals surface area contributed by atoms with Crippen LogP contribution in [-0.2, 0) is 0 Å². The van der Waals surface area contributed by atoms with Crippen molar-refractivity contribution in [1.29, 1.82) is 0 Å². The monoisotopic (exact) mass is 345 g/mol. The Labute approximate surface area is 122 Å². The smallest absolute Gasteiger partial charge is 0.145 e. The highest BCUT2D eigenvalue weighted by Crippen LogP contribution is 2.34. The largest absolute Gasteiger partial charge is 0.496 e. The van der Waals surface area contributed by atoms with Gasteiger partial charge in [0.1, 0.15) is 23.2 Å². The molecule has 0 fully saturated rings. The molecule has 6 heteroatoms. The highest BCUT2D eigenvalue weighted by Gasteiger charge is 2.25. The Morgan fingerprint density at radius 3 is 2.35 bits per heavy atom. The predicted octanol–water partition coefficient (Wildman–Crippen LogP) is 3.92. The number of hydrogen-bond donors (Lipinski definition) is 1. The van der Waals surface area contributed by atoms with Gasteiger partial charge in [0.15, 0.2) is 0 Å². The van der Waals surface area contributed by atoms with Crippen molar-refractivity contribution < 1.29 is 17.9 Å². The molecule has 0 saturated carbocycles. The lowest BCUT2D eigenvalue weighted by atomic mass is 9.97. The van der Waals surface area contributed by atoms with E-state index in [-0.39, 0.29) is 15.8 Å². The lowest BCUT2D eigenvalue weighted by molar-refractivity contribution is 0.400. The summed E-state index contributed by atoms with van der Waals surface area (Å²) in [7, 11) is 1.33. The van der Waals surface area contributed by atoms with E-state index in [0.29, 0.717) is 0 Å². The first kappa shape index (κ1) is 14.9. The summed E-state index contributed by atoms with van der Waals surface area (Å²) >= 11 is 2.95. The predicted molar refractivity (Wildman–Crippen MR) is 73.0 cm³/mol. The third-order valence-electron chi connectivity index (χ3n) is 2.93. The molecule has 0 amide bonds. The Hall–Kier alpha value is -1.53. The SMILES string of the molecule is COc1cccc(F)c1C(N)c1c(F)ccc(Br)c1F. The van der Waals surface area contributed by atoms with Crippen molar-refractivity contribution in [2.24, 2.45) is 5.73 Å². The molecule has 0 aromatic heterocycles. The van der Waals surface area contributed by atoms with Crippen LogP contribution in [0.5, 0.6) is 5.75 Å². The minimum Gasteiger partial charge on any atom is -0.496 e. The quantitative estimate of drug-likeness (QED) is 0.855. The number of hydrogen-bond acceptors (Lipinski definition) is 2. The number of nitrogens with two attached hydrogens (primary N) is 1. The summed E-state index contributed by atoms with van der Waals surface area (Å²) in [6.45, 7) is 0. The van der Waals surface area contributed by atoms with E-state index in [4.69, 9.17) is 10.5 Å². The molecule has 0 aliphatic heterocycles. The summed E-state index contributed by atoms with van der Waals surface area (Å²) in [5.41, 5.74) is 5.34. The van der Waals surface area contributed by atoms with Gasteiger partial charge in [0, 0.05) is 5.56 Å². The average molecular weight is 346 g/mol. The third kappa shape index (κ3) is 2.53. The summed E-state index contributed by atoms with van der Waals surface area (Å²) < 4.78 is 46.8. The van der Waals surface area contributed by atoms with E-state index in [1.807, 2.05) is 0 Å². The number of ether oxygens (including phenoxy) is 1. The normalized spacial score (nSPS) is 12.3. The van der Waals surface area contributed by atoms with Crippen molar-refractivity contribution >= 4 is 15.9 Å². The van der Waals surface area contributed by atoms with Crippen LogP contribution in [0.15, 0.2) is 34.8 Å². The molecule has 20 heavy (non-hydrogen) atoms. The first-order chi connectivity index (χ1) is 9.47. The van der Waals surface area contributed by atoms with E-state index in [0.717, 1.165) is 12.1 Å². The lowest BCUT2D eigenvalue weighted by Gasteiger charge is -2.18. The van der Waals surface area contributed by atoms with E-state index >= 15 is 0 Å². The second-order valence-corrected chi connectivity index (χ2v) is 4.94. The van der Waals surface area contributed by atoms with E-state index in [2.05, 4.69) is 15.9 Å². The molecule has 2 aromatic carbocycles. The lowest BCUT2D eigenvalue weighted by Crippen LogP contribution is -2.18. The second-order valence-electron chi connectivity index (χ2n) is 4.09. The van der Waals surface area contributed by atoms with Gasteiger partial charge in [-0.15, -0.1) is 0 Å². The molecule has 2 N–H and O–H groups in total. The van der Waals surface area contributed by atoms with Gasteiger partial charge in [-0.3, -0.25) is 0 Å². The van der Waals surface area contributed by atoms with Crippen LogP contribution >= 0.6 is 15.9 Å². The zero-order chi connectivity index (χ0) is 14.9. The fraction of sp³-hybridized carbons (Fsp3) is 0.143. The summed E-state index contributed by atoms with van der Waals surface area (Å²) in [5.74, 6) is -2.25. The molecule has 0 bridgehead atoms. The molecule has 1 unspecified atom stereocenters. The van der Waals surface area contributed by atoms with Crippen molar-refractivity contribution in [2.75, 3.05) is 7.11 Å². The van der Waals surface area contributed by atoms with Crippen LogP contribution in [0.2, 0.25) is 0 Å². The highest BCUT2D eigenvalue weighted by molar-refractivity contribution is 9.10. The second kappa shape index (κ2) is 5.85. The molecule has 0 saturated heterocycles. The van der Waals surface area contributed by atoms with Crippen molar-refractivity contribution in [2.45, 2.75) is 6.04 Å². The van der Waals surface area contributed by atoms with Gasteiger partial charge in [0.2, 0.25) is 0 Å². The van der Waals surface area contributed by atoms with Crippen molar-refractivity contribution in [3.63, 3.8) is 0 Å². The number of rotatable bonds is 3. The zero-order valence-electron chi connectivity index (χ0n) is 10.5. The molecule has 2 rings (SSSR count). The fourth-order valence-corrected chi connectivity index (χ4v) is 2.31. The maximum absolute atomic E-state index is 14.0. The summed E-state index contributed by atoms with van der Waals surface area (Å²) in [5, 5.41) is 0. The molecule has 106 valence electrons. The fourth-order valence-electron chi connectivity index (χ4n) is 1.97. The van der Waals surface area contributed by atoms with Gasteiger partial charge in [-0.1, -0.05) is 6.07 Å².